The van der Waals surface area contributed by atoms with Crippen LogP contribution in [-0.2, 0) is 4.79 Å². The molecule has 34 heavy (non-hydrogen) atoms. The lowest BCUT2D eigenvalue weighted by Crippen LogP contribution is -2.41. The molecule has 0 bridgehead atoms. The fourth-order valence-electron chi connectivity index (χ4n) is 3.99. The van der Waals surface area contributed by atoms with Crippen molar-refractivity contribution in [3.63, 3.8) is 0 Å². The quantitative estimate of drug-likeness (QED) is 0.531. The van der Waals surface area contributed by atoms with Gasteiger partial charge in [0.1, 0.15) is 5.75 Å². The molecular weight excluding hydrogens is 436 g/mol. The van der Waals surface area contributed by atoms with Crippen molar-refractivity contribution in [3.8, 4) is 28.9 Å². The van der Waals surface area contributed by atoms with Crippen LogP contribution in [0.1, 0.15) is 12.8 Å². The molecule has 1 fully saturated rings. The molecule has 0 aliphatic carbocycles. The smallest absolute Gasteiger partial charge is 0.263 e. The molecule has 1 atom stereocenters. The summed E-state index contributed by atoms with van der Waals surface area (Å²) >= 11 is 0. The summed E-state index contributed by atoms with van der Waals surface area (Å²) in [7, 11) is 4.62. The second-order valence-corrected chi connectivity index (χ2v) is 7.79. The first-order valence-electron chi connectivity index (χ1n) is 11.0. The Hall–Kier alpha value is -4.01. The van der Waals surface area contributed by atoms with Crippen LogP contribution in [0.5, 0.6) is 28.9 Å². The molecule has 0 radical (unpaired) electrons. The number of para-hydroxylation sites is 1. The molecule has 0 spiro atoms. The molecule has 1 amide bonds. The zero-order chi connectivity index (χ0) is 23.9. The Morgan fingerprint density at radius 1 is 1.00 bits per heavy atom. The number of piperidine rings is 1. The first-order chi connectivity index (χ1) is 16.6. The lowest BCUT2D eigenvalue weighted by molar-refractivity contribution is -0.120. The summed E-state index contributed by atoms with van der Waals surface area (Å²) in [6.07, 6.45) is 4.84. The van der Waals surface area contributed by atoms with Gasteiger partial charge in [0.2, 0.25) is 11.7 Å². The molecule has 1 aromatic heterocycles. The number of nitrogens with zero attached hydrogens (tertiary/aromatic N) is 3. The third-order valence-corrected chi connectivity index (χ3v) is 5.63. The number of anilines is 2. The van der Waals surface area contributed by atoms with E-state index < -0.39 is 0 Å². The van der Waals surface area contributed by atoms with E-state index >= 15 is 0 Å². The second kappa shape index (κ2) is 10.7. The Morgan fingerprint density at radius 3 is 2.38 bits per heavy atom. The van der Waals surface area contributed by atoms with E-state index in [1.807, 2.05) is 35.2 Å². The van der Waals surface area contributed by atoms with Crippen LogP contribution in [0.25, 0.3) is 0 Å². The van der Waals surface area contributed by atoms with Crippen molar-refractivity contribution in [3.05, 3.63) is 54.9 Å². The Balaban J connectivity index is 1.49. The van der Waals surface area contributed by atoms with Crippen molar-refractivity contribution in [2.75, 3.05) is 44.6 Å². The molecule has 1 saturated heterocycles. The molecule has 3 aromatic rings. The number of benzene rings is 2. The number of methoxy groups -OCH3 is 3. The molecular formula is C25H28N4O5. The van der Waals surface area contributed by atoms with E-state index in [2.05, 4.69) is 15.3 Å². The number of rotatable bonds is 8. The highest BCUT2D eigenvalue weighted by Crippen LogP contribution is 2.40. The zero-order valence-electron chi connectivity index (χ0n) is 19.5. The summed E-state index contributed by atoms with van der Waals surface area (Å²) in [5, 5.41) is 2.99. The van der Waals surface area contributed by atoms with Crippen molar-refractivity contribution in [2.24, 2.45) is 5.92 Å². The standard InChI is InChI=1S/C25H28N4O5/c1-31-20-14-18(15-21(32-2)22(20)33-3)28-24(30)17-8-7-13-29(16-17)23-25(27-12-11-26-23)34-19-9-5-4-6-10-19/h4-6,9-12,14-15,17H,7-8,13,16H2,1-3H3,(H,28,30)/t17-/m1/s1. The largest absolute Gasteiger partial charge is 0.493 e. The fraction of sp³-hybridized carbons (Fsp3) is 0.320. The van der Waals surface area contributed by atoms with Gasteiger partial charge < -0.3 is 29.2 Å². The highest BCUT2D eigenvalue weighted by molar-refractivity contribution is 5.93. The van der Waals surface area contributed by atoms with Gasteiger partial charge in [0.05, 0.1) is 27.2 Å². The maximum absolute atomic E-state index is 13.2. The summed E-state index contributed by atoms with van der Waals surface area (Å²) in [4.78, 5) is 24.1. The van der Waals surface area contributed by atoms with Crippen molar-refractivity contribution in [1.82, 2.24) is 9.97 Å². The van der Waals surface area contributed by atoms with Gasteiger partial charge in [0.15, 0.2) is 17.3 Å². The number of hydrogen-bond donors (Lipinski definition) is 1. The van der Waals surface area contributed by atoms with Gasteiger partial charge in [-0.1, -0.05) is 18.2 Å². The van der Waals surface area contributed by atoms with Gasteiger partial charge in [-0.05, 0) is 25.0 Å². The molecule has 0 saturated carbocycles. The summed E-state index contributed by atoms with van der Waals surface area (Å²) in [6, 6.07) is 12.9. The molecule has 9 heteroatoms. The van der Waals surface area contributed by atoms with E-state index in [1.54, 1.807) is 24.5 Å². The van der Waals surface area contributed by atoms with Gasteiger partial charge in [-0.25, -0.2) is 9.97 Å². The van der Waals surface area contributed by atoms with Gasteiger partial charge in [0.25, 0.3) is 5.88 Å². The lowest BCUT2D eigenvalue weighted by Gasteiger charge is -2.33. The third kappa shape index (κ3) is 5.14. The van der Waals surface area contributed by atoms with Gasteiger partial charge in [-0.15, -0.1) is 0 Å². The Labute approximate surface area is 198 Å². The zero-order valence-corrected chi connectivity index (χ0v) is 19.5. The summed E-state index contributed by atoms with van der Waals surface area (Å²) < 4.78 is 22.1. The topological polar surface area (TPSA) is 95.0 Å². The van der Waals surface area contributed by atoms with Crippen molar-refractivity contribution < 1.29 is 23.7 Å². The van der Waals surface area contributed by atoms with E-state index in [-0.39, 0.29) is 11.8 Å². The number of aromatic nitrogens is 2. The fourth-order valence-corrected chi connectivity index (χ4v) is 3.99. The summed E-state index contributed by atoms with van der Waals surface area (Å²) in [6.45, 7) is 1.26. The minimum atomic E-state index is -0.237. The molecule has 1 aliphatic rings. The third-order valence-electron chi connectivity index (χ3n) is 5.63. The highest BCUT2D eigenvalue weighted by Gasteiger charge is 2.29. The molecule has 9 nitrogen and oxygen atoms in total. The number of nitrogens with one attached hydrogen (secondary N) is 1. The predicted octanol–water partition coefficient (Wildman–Crippen LogP) is 4.15. The van der Waals surface area contributed by atoms with Gasteiger partial charge in [-0.2, -0.15) is 0 Å². The Bertz CT molecular complexity index is 1100. The monoisotopic (exact) mass is 464 g/mol. The SMILES string of the molecule is COc1cc(NC(=O)[C@@H]2CCCN(c3nccnc3Oc3ccccc3)C2)cc(OC)c1OC. The van der Waals surface area contributed by atoms with Crippen LogP contribution in [0.3, 0.4) is 0 Å². The van der Waals surface area contributed by atoms with Crippen molar-refractivity contribution in [1.29, 1.82) is 0 Å². The van der Waals surface area contributed by atoms with Crippen LogP contribution in [0.15, 0.2) is 54.9 Å². The minimum absolute atomic E-state index is 0.0895. The maximum Gasteiger partial charge on any atom is 0.263 e. The highest BCUT2D eigenvalue weighted by atomic mass is 16.5. The number of amides is 1. The number of carbonyl (C=O) groups is 1. The van der Waals surface area contributed by atoms with E-state index in [4.69, 9.17) is 18.9 Å². The van der Waals surface area contributed by atoms with Crippen LogP contribution in [0.4, 0.5) is 11.5 Å². The molecule has 178 valence electrons. The molecule has 2 heterocycles. The van der Waals surface area contributed by atoms with Gasteiger partial charge in [-0.3, -0.25) is 4.79 Å². The number of ether oxygens (including phenoxy) is 4. The minimum Gasteiger partial charge on any atom is -0.493 e. The summed E-state index contributed by atoms with van der Waals surface area (Å²) in [5.41, 5.74) is 0.573. The van der Waals surface area contributed by atoms with Gasteiger partial charge >= 0.3 is 0 Å². The van der Waals surface area contributed by atoms with E-state index in [0.29, 0.717) is 46.9 Å². The van der Waals surface area contributed by atoms with Crippen molar-refractivity contribution >= 4 is 17.4 Å². The summed E-state index contributed by atoms with van der Waals surface area (Å²) in [5.74, 6) is 2.82. The molecule has 4 rings (SSSR count). The van der Waals surface area contributed by atoms with E-state index in [9.17, 15) is 4.79 Å². The van der Waals surface area contributed by atoms with Crippen LogP contribution in [0, 0.1) is 5.92 Å². The molecule has 2 aromatic carbocycles. The lowest BCUT2D eigenvalue weighted by atomic mass is 9.97. The van der Waals surface area contributed by atoms with Crippen LogP contribution < -0.4 is 29.2 Å². The average Bonchev–Trinajstić information content (AvgIpc) is 2.89. The molecule has 1 N–H and O–H groups in total. The average molecular weight is 465 g/mol. The van der Waals surface area contributed by atoms with Crippen LogP contribution in [0.2, 0.25) is 0 Å². The first kappa shape index (κ1) is 23.2. The normalized spacial score (nSPS) is 15.4. The molecule has 1 aliphatic heterocycles. The van der Waals surface area contributed by atoms with Crippen LogP contribution in [-0.4, -0.2) is 50.3 Å². The predicted molar refractivity (Wildman–Crippen MR) is 128 cm³/mol. The van der Waals surface area contributed by atoms with Crippen molar-refractivity contribution in [2.45, 2.75) is 12.8 Å². The first-order valence-corrected chi connectivity index (χ1v) is 11.0. The molecule has 0 unspecified atom stereocenters. The maximum atomic E-state index is 13.2. The number of hydrogen-bond acceptors (Lipinski definition) is 8. The number of carbonyl (C=O) groups excluding carboxylic acids is 1. The van der Waals surface area contributed by atoms with E-state index in [1.165, 1.54) is 21.3 Å². The Morgan fingerprint density at radius 2 is 1.71 bits per heavy atom. The van der Waals surface area contributed by atoms with Gasteiger partial charge in [0, 0.05) is 43.3 Å². The van der Waals surface area contributed by atoms with E-state index in [0.717, 1.165) is 19.4 Å². The van der Waals surface area contributed by atoms with Crippen LogP contribution >= 0.6 is 0 Å². The Kier molecular flexibility index (Phi) is 7.31. The second-order valence-electron chi connectivity index (χ2n) is 7.79.